The number of carbonyl (C=O) groups excluding carboxylic acids is 1. The number of carboxylic acid groups (broad SMARTS) is 1. The lowest BCUT2D eigenvalue weighted by Crippen LogP contribution is -2.63. The van der Waals surface area contributed by atoms with Gasteiger partial charge in [-0.1, -0.05) is 18.2 Å². The smallest absolute Gasteiger partial charge is 0.405 e. The van der Waals surface area contributed by atoms with Crippen molar-refractivity contribution < 1.29 is 19.1 Å². The highest BCUT2D eigenvalue weighted by molar-refractivity contribution is 5.86. The number of likely N-dealkylation sites (N-methyl/N-ethyl adjacent to an activating group) is 1. The van der Waals surface area contributed by atoms with E-state index in [1.165, 1.54) is 12.1 Å². The molecule has 3 rings (SSSR count). The molecule has 1 unspecified atom stereocenters. The molecule has 1 aromatic rings. The van der Waals surface area contributed by atoms with Crippen LogP contribution in [0.25, 0.3) is 0 Å². The number of hydrogen-bond donors (Lipinski definition) is 2. The van der Waals surface area contributed by atoms with Crippen LogP contribution in [0.3, 0.4) is 0 Å². The molecule has 8 heteroatoms. The van der Waals surface area contributed by atoms with Crippen LogP contribution in [-0.4, -0.2) is 90.2 Å². The molecule has 1 saturated heterocycles. The molecule has 0 spiro atoms. The summed E-state index contributed by atoms with van der Waals surface area (Å²) < 4.78 is 13.2. The molecule has 1 heterocycles. The van der Waals surface area contributed by atoms with Crippen LogP contribution >= 0.6 is 0 Å². The normalized spacial score (nSPS) is 21.6. The van der Waals surface area contributed by atoms with Crippen molar-refractivity contribution in [3.05, 3.63) is 48.3 Å². The molecule has 0 aromatic heterocycles. The second-order valence-electron chi connectivity index (χ2n) is 8.75. The van der Waals surface area contributed by atoms with Gasteiger partial charge >= 0.3 is 6.09 Å². The zero-order valence-corrected chi connectivity index (χ0v) is 18.3. The predicted molar refractivity (Wildman–Crippen MR) is 118 cm³/mol. The minimum Gasteiger partial charge on any atom is -0.465 e. The van der Waals surface area contributed by atoms with Gasteiger partial charge in [0.25, 0.3) is 0 Å². The number of hydrogen-bond acceptors (Lipinski definition) is 4. The van der Waals surface area contributed by atoms with Crippen LogP contribution in [0, 0.1) is 5.82 Å². The maximum absolute atomic E-state index is 13.2. The number of amides is 2. The lowest BCUT2D eigenvalue weighted by Gasteiger charge is -2.44. The second-order valence-corrected chi connectivity index (χ2v) is 8.75. The van der Waals surface area contributed by atoms with Gasteiger partial charge in [-0.05, 0) is 57.6 Å². The van der Waals surface area contributed by atoms with E-state index in [9.17, 15) is 19.1 Å². The van der Waals surface area contributed by atoms with E-state index in [0.29, 0.717) is 43.9 Å². The molecule has 1 aliphatic heterocycles. The first-order valence-electron chi connectivity index (χ1n) is 10.8. The van der Waals surface area contributed by atoms with Crippen LogP contribution in [0.1, 0.15) is 30.7 Å². The molecule has 170 valence electrons. The minimum atomic E-state index is -1.18. The fourth-order valence-corrected chi connectivity index (χ4v) is 4.30. The Bertz CT molecular complexity index is 780. The number of nitrogens with one attached hydrogen (secondary N) is 1. The maximum atomic E-state index is 13.2. The van der Waals surface area contributed by atoms with Gasteiger partial charge < -0.3 is 20.2 Å². The van der Waals surface area contributed by atoms with E-state index in [-0.39, 0.29) is 11.7 Å². The summed E-state index contributed by atoms with van der Waals surface area (Å²) in [5.41, 5.74) is 1.13. The van der Waals surface area contributed by atoms with E-state index in [4.69, 9.17) is 0 Å². The molecule has 2 N–H and O–H groups in total. The fourth-order valence-electron chi connectivity index (χ4n) is 4.30. The van der Waals surface area contributed by atoms with Gasteiger partial charge in [-0.3, -0.25) is 9.69 Å². The average molecular weight is 433 g/mol. The topological polar surface area (TPSA) is 76.1 Å². The Balaban J connectivity index is 1.51. The molecule has 3 atom stereocenters. The van der Waals surface area contributed by atoms with Crippen LogP contribution in [0.15, 0.2) is 36.9 Å². The molecule has 0 bridgehead atoms. The van der Waals surface area contributed by atoms with E-state index in [0.717, 1.165) is 25.1 Å². The lowest BCUT2D eigenvalue weighted by molar-refractivity contribution is -0.140. The third-order valence-corrected chi connectivity index (χ3v) is 6.33. The van der Waals surface area contributed by atoms with Gasteiger partial charge in [0.05, 0.1) is 0 Å². The van der Waals surface area contributed by atoms with E-state index in [2.05, 4.69) is 21.7 Å². The summed E-state index contributed by atoms with van der Waals surface area (Å²) >= 11 is 0. The molecular weight excluding hydrogens is 399 g/mol. The molecule has 7 nitrogen and oxygen atoms in total. The minimum absolute atomic E-state index is 0.147. The van der Waals surface area contributed by atoms with Gasteiger partial charge in [-0.2, -0.15) is 0 Å². The van der Waals surface area contributed by atoms with Gasteiger partial charge in [0.2, 0.25) is 5.91 Å². The molecular formula is C23H33FN4O3. The van der Waals surface area contributed by atoms with Crippen molar-refractivity contribution in [2.75, 3.05) is 40.3 Å². The SMILES string of the molecule is C=CCN(CCC[C@@H](NC(=O)O)C(=O)N1CC(N(C)C)C1)C1C[C@H]1c1ccc(F)cc1. The Morgan fingerprint density at radius 2 is 2.00 bits per heavy atom. The van der Waals surface area contributed by atoms with E-state index in [1.807, 2.05) is 32.3 Å². The number of carbonyl (C=O) groups is 2. The highest BCUT2D eigenvalue weighted by Crippen LogP contribution is 2.44. The average Bonchev–Trinajstić information content (AvgIpc) is 3.45. The lowest BCUT2D eigenvalue weighted by atomic mass is 10.0. The van der Waals surface area contributed by atoms with E-state index < -0.39 is 12.1 Å². The van der Waals surface area contributed by atoms with Gasteiger partial charge in [0, 0.05) is 37.6 Å². The van der Waals surface area contributed by atoms with Crippen LogP contribution in [0.2, 0.25) is 0 Å². The molecule has 2 fully saturated rings. The quantitative estimate of drug-likeness (QED) is 0.525. The Morgan fingerprint density at radius 3 is 2.58 bits per heavy atom. The standard InChI is InChI=1S/C23H33FN4O3/c1-4-11-27(21-13-19(21)16-7-9-17(24)10-8-16)12-5-6-20(25-23(30)31)22(29)28-14-18(15-28)26(2)3/h4,7-10,18-21,25H,1,5-6,11-15H2,2-3H3,(H,30,31)/t19-,20+,21?/m0/s1. The maximum Gasteiger partial charge on any atom is 0.405 e. The van der Waals surface area contributed by atoms with Crippen molar-refractivity contribution in [3.8, 4) is 0 Å². The summed E-state index contributed by atoms with van der Waals surface area (Å²) in [6, 6.07) is 6.63. The molecule has 2 aliphatic rings. The fraction of sp³-hybridized carbons (Fsp3) is 0.565. The predicted octanol–water partition coefficient (Wildman–Crippen LogP) is 2.36. The summed E-state index contributed by atoms with van der Waals surface area (Å²) in [6.07, 6.45) is 2.84. The monoisotopic (exact) mass is 432 g/mol. The van der Waals surface area contributed by atoms with E-state index in [1.54, 1.807) is 4.90 Å². The molecule has 2 amide bonds. The molecule has 1 saturated carbocycles. The Morgan fingerprint density at radius 1 is 1.32 bits per heavy atom. The van der Waals surface area contributed by atoms with Gasteiger partial charge in [0.1, 0.15) is 11.9 Å². The number of nitrogens with zero attached hydrogens (tertiary/aromatic N) is 3. The van der Waals surface area contributed by atoms with Gasteiger partial charge in [0.15, 0.2) is 0 Å². The summed E-state index contributed by atoms with van der Waals surface area (Å²) in [4.78, 5) is 30.1. The number of benzene rings is 1. The second kappa shape index (κ2) is 10.2. The summed E-state index contributed by atoms with van der Waals surface area (Å²) in [5.74, 6) is -0.00444. The Kier molecular flexibility index (Phi) is 7.67. The molecule has 1 aliphatic carbocycles. The third kappa shape index (κ3) is 6.04. The van der Waals surface area contributed by atoms with Crippen LogP contribution in [0.4, 0.5) is 9.18 Å². The number of likely N-dealkylation sites (tertiary alicyclic amines) is 1. The Labute approximate surface area is 183 Å². The van der Waals surface area contributed by atoms with Crippen LogP contribution < -0.4 is 5.32 Å². The number of halogens is 1. The zero-order valence-electron chi connectivity index (χ0n) is 18.3. The highest BCUT2D eigenvalue weighted by atomic mass is 19.1. The molecule has 1 aromatic carbocycles. The Hall–Kier alpha value is -2.45. The van der Waals surface area contributed by atoms with Crippen molar-refractivity contribution in [1.29, 1.82) is 0 Å². The van der Waals surface area contributed by atoms with Crippen molar-refractivity contribution in [2.45, 2.75) is 43.3 Å². The van der Waals surface area contributed by atoms with Crippen molar-refractivity contribution in [2.24, 2.45) is 0 Å². The summed E-state index contributed by atoms with van der Waals surface area (Å²) in [7, 11) is 3.95. The van der Waals surface area contributed by atoms with E-state index >= 15 is 0 Å². The van der Waals surface area contributed by atoms with Crippen molar-refractivity contribution >= 4 is 12.0 Å². The van der Waals surface area contributed by atoms with Crippen molar-refractivity contribution in [3.63, 3.8) is 0 Å². The van der Waals surface area contributed by atoms with Crippen LogP contribution in [0.5, 0.6) is 0 Å². The highest BCUT2D eigenvalue weighted by Gasteiger charge is 2.42. The summed E-state index contributed by atoms with van der Waals surface area (Å²) in [5, 5.41) is 11.6. The summed E-state index contributed by atoms with van der Waals surface area (Å²) in [6.45, 7) is 6.59. The van der Waals surface area contributed by atoms with Gasteiger partial charge in [-0.25, -0.2) is 9.18 Å². The number of rotatable bonds is 11. The third-order valence-electron chi connectivity index (χ3n) is 6.33. The van der Waals surface area contributed by atoms with Crippen LogP contribution in [-0.2, 0) is 4.79 Å². The largest absolute Gasteiger partial charge is 0.465 e. The molecule has 0 radical (unpaired) electrons. The first kappa shape index (κ1) is 23.2. The first-order valence-corrected chi connectivity index (χ1v) is 10.8. The molecule has 31 heavy (non-hydrogen) atoms. The first-order chi connectivity index (χ1) is 14.8. The van der Waals surface area contributed by atoms with Crippen molar-refractivity contribution in [1.82, 2.24) is 20.0 Å². The van der Waals surface area contributed by atoms with Gasteiger partial charge in [-0.15, -0.1) is 6.58 Å². The zero-order chi connectivity index (χ0) is 22.5.